The van der Waals surface area contributed by atoms with Crippen LogP contribution in [0.25, 0.3) is 0 Å². The summed E-state index contributed by atoms with van der Waals surface area (Å²) in [6, 6.07) is 6.02. The van der Waals surface area contributed by atoms with Crippen LogP contribution in [-0.2, 0) is 0 Å². The smallest absolute Gasteiger partial charge is 0.262 e. The van der Waals surface area contributed by atoms with E-state index in [1.54, 1.807) is 26.0 Å². The first-order valence-corrected chi connectivity index (χ1v) is 9.67. The van der Waals surface area contributed by atoms with Gasteiger partial charge >= 0.3 is 0 Å². The number of halogens is 1. The number of hydrogen-bond acceptors (Lipinski definition) is 3. The monoisotopic (exact) mass is 381 g/mol. The van der Waals surface area contributed by atoms with Crippen molar-refractivity contribution in [3.05, 3.63) is 62.8 Å². The zero-order valence-electron chi connectivity index (χ0n) is 16.5. The predicted molar refractivity (Wildman–Crippen MR) is 109 cm³/mol. The maximum Gasteiger partial charge on any atom is 0.262 e. The Labute approximate surface area is 165 Å². The zero-order valence-corrected chi connectivity index (χ0v) is 16.5. The van der Waals surface area contributed by atoms with Crippen LogP contribution in [0.5, 0.6) is 0 Å². The molecule has 2 aromatic rings. The van der Waals surface area contributed by atoms with E-state index in [4.69, 9.17) is 7.85 Å². The second kappa shape index (κ2) is 8.21. The second-order valence-electron chi connectivity index (χ2n) is 7.39. The lowest BCUT2D eigenvalue weighted by atomic mass is 9.88. The Morgan fingerprint density at radius 1 is 1.29 bits per heavy atom. The minimum atomic E-state index is -0.350. The first kappa shape index (κ1) is 20.2. The number of rotatable bonds is 7. The standard InChI is InChI=1S/C21H25BFN3O2/c1-4-11-24-26-13(3)17(12(2)18(22)21(26)28)20(27)25-19(14-5-6-14)15-7-9-16(23)10-8-15/h7-10,14,19,24H,4-6,11H2,1-3H3,(H,25,27)/t19-/m0/s1. The Morgan fingerprint density at radius 2 is 1.93 bits per heavy atom. The SMILES string of the molecule is [B]c1c(C)c(C(=O)N[C@H](c2ccc(F)cc2)C2CC2)c(C)n(NCCC)c1=O. The van der Waals surface area contributed by atoms with Gasteiger partial charge in [0.1, 0.15) is 13.7 Å². The second-order valence-corrected chi connectivity index (χ2v) is 7.39. The van der Waals surface area contributed by atoms with Crippen molar-refractivity contribution in [2.75, 3.05) is 12.0 Å². The molecule has 5 nitrogen and oxygen atoms in total. The highest BCUT2D eigenvalue weighted by Gasteiger charge is 2.34. The van der Waals surface area contributed by atoms with Crippen molar-refractivity contribution in [2.24, 2.45) is 5.92 Å². The van der Waals surface area contributed by atoms with E-state index in [0.717, 1.165) is 24.8 Å². The van der Waals surface area contributed by atoms with Gasteiger partial charge in [-0.3, -0.25) is 9.59 Å². The van der Waals surface area contributed by atoms with Gasteiger partial charge in [0.05, 0.1) is 17.3 Å². The van der Waals surface area contributed by atoms with Gasteiger partial charge in [-0.15, -0.1) is 0 Å². The lowest BCUT2D eigenvalue weighted by molar-refractivity contribution is 0.0929. The van der Waals surface area contributed by atoms with Gasteiger partial charge in [0, 0.05) is 6.54 Å². The third-order valence-electron chi connectivity index (χ3n) is 5.27. The number of carbonyl (C=O) groups is 1. The molecule has 28 heavy (non-hydrogen) atoms. The number of benzene rings is 1. The average Bonchev–Trinajstić information content (AvgIpc) is 3.50. The van der Waals surface area contributed by atoms with Gasteiger partial charge in [0.15, 0.2) is 0 Å². The molecule has 1 aromatic carbocycles. The maximum absolute atomic E-state index is 13.3. The highest BCUT2D eigenvalue weighted by Crippen LogP contribution is 2.41. The molecule has 3 rings (SSSR count). The topological polar surface area (TPSA) is 63.1 Å². The Balaban J connectivity index is 1.95. The molecular weight excluding hydrogens is 356 g/mol. The van der Waals surface area contributed by atoms with E-state index in [9.17, 15) is 14.0 Å². The molecule has 0 spiro atoms. The number of nitrogens with one attached hydrogen (secondary N) is 2. The van der Waals surface area contributed by atoms with Gasteiger partial charge in [0.2, 0.25) is 0 Å². The van der Waals surface area contributed by atoms with E-state index in [-0.39, 0.29) is 28.8 Å². The molecule has 0 unspecified atom stereocenters. The number of hydrogen-bond donors (Lipinski definition) is 2. The molecule has 2 radical (unpaired) electrons. The van der Waals surface area contributed by atoms with Crippen molar-refractivity contribution in [3.8, 4) is 0 Å². The fourth-order valence-electron chi connectivity index (χ4n) is 3.49. The molecule has 0 saturated heterocycles. The van der Waals surface area contributed by atoms with Crippen LogP contribution in [0, 0.1) is 25.6 Å². The van der Waals surface area contributed by atoms with Crippen molar-refractivity contribution < 1.29 is 9.18 Å². The molecule has 1 amide bonds. The van der Waals surface area contributed by atoms with Crippen molar-refractivity contribution in [3.63, 3.8) is 0 Å². The van der Waals surface area contributed by atoms with Gasteiger partial charge in [-0.05, 0) is 67.8 Å². The van der Waals surface area contributed by atoms with Gasteiger partial charge in [-0.1, -0.05) is 19.1 Å². The highest BCUT2D eigenvalue weighted by molar-refractivity contribution is 6.33. The molecular formula is C21H25BFN3O2. The summed E-state index contributed by atoms with van der Waals surface area (Å²) < 4.78 is 14.6. The molecule has 7 heteroatoms. The molecule has 1 aliphatic rings. The summed E-state index contributed by atoms with van der Waals surface area (Å²) in [6.07, 6.45) is 2.86. The van der Waals surface area contributed by atoms with Crippen molar-refractivity contribution in [1.29, 1.82) is 0 Å². The van der Waals surface area contributed by atoms with E-state index in [1.807, 2.05) is 6.92 Å². The summed E-state index contributed by atoms with van der Waals surface area (Å²) >= 11 is 0. The molecule has 146 valence electrons. The quantitative estimate of drug-likeness (QED) is 0.724. The summed E-state index contributed by atoms with van der Waals surface area (Å²) in [5.74, 6) is -0.260. The van der Waals surface area contributed by atoms with Gasteiger partial charge < -0.3 is 10.7 Å². The van der Waals surface area contributed by atoms with E-state index in [2.05, 4.69) is 10.7 Å². The largest absolute Gasteiger partial charge is 0.345 e. The minimum Gasteiger partial charge on any atom is -0.345 e. The van der Waals surface area contributed by atoms with Crippen LogP contribution < -0.4 is 21.8 Å². The van der Waals surface area contributed by atoms with Crippen LogP contribution in [0.3, 0.4) is 0 Å². The van der Waals surface area contributed by atoms with Crippen LogP contribution in [0.2, 0.25) is 0 Å². The number of nitrogens with zero attached hydrogens (tertiary/aromatic N) is 1. The first-order chi connectivity index (χ1) is 13.3. The number of pyridine rings is 1. The number of carbonyl (C=O) groups excluding carboxylic acids is 1. The van der Waals surface area contributed by atoms with E-state index >= 15 is 0 Å². The number of amides is 1. The Bertz CT molecular complexity index is 936. The van der Waals surface area contributed by atoms with E-state index in [0.29, 0.717) is 29.3 Å². The molecule has 1 aromatic heterocycles. The highest BCUT2D eigenvalue weighted by atomic mass is 19.1. The van der Waals surface area contributed by atoms with Crippen molar-refractivity contribution in [1.82, 2.24) is 9.99 Å². The molecule has 1 aliphatic carbocycles. The molecule has 1 heterocycles. The van der Waals surface area contributed by atoms with Gasteiger partial charge in [-0.2, -0.15) is 0 Å². The predicted octanol–water partition coefficient (Wildman–Crippen LogP) is 2.23. The molecule has 1 fully saturated rings. The fourth-order valence-corrected chi connectivity index (χ4v) is 3.49. The molecule has 1 saturated carbocycles. The van der Waals surface area contributed by atoms with Crippen LogP contribution in [-0.4, -0.2) is 25.0 Å². The van der Waals surface area contributed by atoms with Crippen molar-refractivity contribution in [2.45, 2.75) is 46.1 Å². The molecule has 1 atom stereocenters. The van der Waals surface area contributed by atoms with Crippen LogP contribution in [0.1, 0.15) is 59.4 Å². The zero-order chi connectivity index (χ0) is 20.4. The van der Waals surface area contributed by atoms with Crippen molar-refractivity contribution >= 4 is 19.2 Å². The third-order valence-corrected chi connectivity index (χ3v) is 5.27. The lowest BCUT2D eigenvalue weighted by Gasteiger charge is -2.23. The summed E-state index contributed by atoms with van der Waals surface area (Å²) in [5, 5.41) is 3.08. The molecule has 0 bridgehead atoms. The number of aromatic nitrogens is 1. The fraction of sp³-hybridized carbons (Fsp3) is 0.429. The summed E-state index contributed by atoms with van der Waals surface area (Å²) in [7, 11) is 6.00. The minimum absolute atomic E-state index is 0.0594. The summed E-state index contributed by atoms with van der Waals surface area (Å²) in [6.45, 7) is 5.99. The van der Waals surface area contributed by atoms with Gasteiger partial charge in [-0.25, -0.2) is 9.07 Å². The third kappa shape index (κ3) is 3.98. The van der Waals surface area contributed by atoms with Gasteiger partial charge in [0.25, 0.3) is 11.5 Å². The Morgan fingerprint density at radius 3 is 2.50 bits per heavy atom. The molecule has 2 N–H and O–H groups in total. The van der Waals surface area contributed by atoms with Crippen LogP contribution in [0.15, 0.2) is 29.1 Å². The Hall–Kier alpha value is -2.57. The lowest BCUT2D eigenvalue weighted by Crippen LogP contribution is -2.45. The average molecular weight is 381 g/mol. The maximum atomic E-state index is 13.3. The normalized spacial score (nSPS) is 14.6. The summed E-state index contributed by atoms with van der Waals surface area (Å²) in [4.78, 5) is 25.7. The van der Waals surface area contributed by atoms with Crippen LogP contribution >= 0.6 is 0 Å². The summed E-state index contributed by atoms with van der Waals surface area (Å²) in [5.41, 5.74) is 5.00. The van der Waals surface area contributed by atoms with E-state index < -0.39 is 0 Å². The van der Waals surface area contributed by atoms with E-state index in [1.165, 1.54) is 16.8 Å². The van der Waals surface area contributed by atoms with Crippen LogP contribution in [0.4, 0.5) is 4.39 Å². The molecule has 0 aliphatic heterocycles. The first-order valence-electron chi connectivity index (χ1n) is 9.67. The Kier molecular flexibility index (Phi) is 5.91.